The molecule has 0 saturated heterocycles. The summed E-state index contributed by atoms with van der Waals surface area (Å²) in [6.45, 7) is -0.542. The molecular weight excluding hydrogens is 395 g/mol. The Labute approximate surface area is 164 Å². The number of hydrogen-bond donors (Lipinski definition) is 2. The number of thioether (sulfide) groups is 1. The molecule has 0 radical (unpaired) electrons. The smallest absolute Gasteiger partial charge is 0.310 e. The Balaban J connectivity index is 1.89. The zero-order valence-corrected chi connectivity index (χ0v) is 15.6. The third-order valence-corrected chi connectivity index (χ3v) is 4.73. The average molecular weight is 411 g/mol. The molecule has 0 unspecified atom stereocenters. The van der Waals surface area contributed by atoms with E-state index in [4.69, 9.17) is 22.1 Å². The Bertz CT molecular complexity index is 843. The highest BCUT2D eigenvalue weighted by Gasteiger charge is 2.15. The zero-order chi connectivity index (χ0) is 19.8. The van der Waals surface area contributed by atoms with Crippen LogP contribution in [-0.2, 0) is 25.5 Å². The molecule has 142 valence electrons. The largest absolute Gasteiger partial charge is 0.455 e. The van der Waals surface area contributed by atoms with Gasteiger partial charge in [0.05, 0.1) is 17.9 Å². The SMILES string of the molecule is NC(=O)CSc1ccccc1NC(=O)COC(=O)Cc1c(F)cccc1Cl. The molecule has 3 N–H and O–H groups in total. The average Bonchev–Trinajstić information content (AvgIpc) is 2.62. The van der Waals surface area contributed by atoms with Crippen molar-refractivity contribution in [2.45, 2.75) is 11.3 Å². The molecule has 0 heterocycles. The zero-order valence-electron chi connectivity index (χ0n) is 14.0. The summed E-state index contributed by atoms with van der Waals surface area (Å²) in [5.41, 5.74) is 5.59. The Morgan fingerprint density at radius 1 is 1.15 bits per heavy atom. The minimum atomic E-state index is -0.784. The number of anilines is 1. The van der Waals surface area contributed by atoms with E-state index < -0.39 is 30.2 Å². The minimum absolute atomic E-state index is 0.0118. The maximum absolute atomic E-state index is 13.7. The Morgan fingerprint density at radius 3 is 2.59 bits per heavy atom. The van der Waals surface area contributed by atoms with Crippen LogP contribution >= 0.6 is 23.4 Å². The molecule has 6 nitrogen and oxygen atoms in total. The highest BCUT2D eigenvalue weighted by atomic mass is 35.5. The van der Waals surface area contributed by atoms with Gasteiger partial charge in [0.1, 0.15) is 5.82 Å². The Hall–Kier alpha value is -2.58. The van der Waals surface area contributed by atoms with Crippen molar-refractivity contribution in [3.05, 3.63) is 58.9 Å². The van der Waals surface area contributed by atoms with Crippen molar-refractivity contribution in [3.8, 4) is 0 Å². The molecule has 0 aliphatic heterocycles. The monoisotopic (exact) mass is 410 g/mol. The first-order valence-electron chi connectivity index (χ1n) is 7.75. The van der Waals surface area contributed by atoms with Gasteiger partial charge in [-0.25, -0.2) is 4.39 Å². The van der Waals surface area contributed by atoms with Gasteiger partial charge >= 0.3 is 5.97 Å². The first-order chi connectivity index (χ1) is 12.9. The fourth-order valence-corrected chi connectivity index (χ4v) is 3.05. The summed E-state index contributed by atoms with van der Waals surface area (Å²) in [6.07, 6.45) is -0.385. The fraction of sp³-hybridized carbons (Fsp3) is 0.167. The maximum atomic E-state index is 13.7. The summed E-state index contributed by atoms with van der Waals surface area (Å²) in [6, 6.07) is 10.9. The lowest BCUT2D eigenvalue weighted by Gasteiger charge is -2.11. The number of para-hydroxylation sites is 1. The summed E-state index contributed by atoms with van der Waals surface area (Å²) < 4.78 is 18.5. The van der Waals surface area contributed by atoms with Crippen molar-refractivity contribution in [1.29, 1.82) is 0 Å². The van der Waals surface area contributed by atoms with Crippen molar-refractivity contribution >= 4 is 46.8 Å². The Morgan fingerprint density at radius 2 is 1.89 bits per heavy atom. The van der Waals surface area contributed by atoms with Gasteiger partial charge < -0.3 is 15.8 Å². The predicted octanol–water partition coefficient (Wildman–Crippen LogP) is 2.78. The number of carbonyl (C=O) groups is 3. The van der Waals surface area contributed by atoms with Crippen LogP contribution in [0.5, 0.6) is 0 Å². The van der Waals surface area contributed by atoms with Crippen LogP contribution in [0.3, 0.4) is 0 Å². The van der Waals surface area contributed by atoms with Gasteiger partial charge in [0, 0.05) is 15.5 Å². The lowest BCUT2D eigenvalue weighted by molar-refractivity contribution is -0.146. The third kappa shape index (κ3) is 6.58. The Kier molecular flexibility index (Phi) is 7.63. The molecule has 0 atom stereocenters. The van der Waals surface area contributed by atoms with Crippen LogP contribution in [0, 0.1) is 5.82 Å². The van der Waals surface area contributed by atoms with Gasteiger partial charge in [0.25, 0.3) is 5.91 Å². The molecule has 2 amide bonds. The van der Waals surface area contributed by atoms with Crippen molar-refractivity contribution < 1.29 is 23.5 Å². The number of ether oxygens (including phenoxy) is 1. The minimum Gasteiger partial charge on any atom is -0.455 e. The molecule has 2 aromatic rings. The van der Waals surface area contributed by atoms with E-state index in [1.807, 2.05) is 0 Å². The number of nitrogens with one attached hydrogen (secondary N) is 1. The summed E-state index contributed by atoms with van der Waals surface area (Å²) in [5, 5.41) is 2.70. The van der Waals surface area contributed by atoms with Crippen LogP contribution in [0.15, 0.2) is 47.4 Å². The van der Waals surface area contributed by atoms with Crippen LogP contribution in [0.25, 0.3) is 0 Å². The molecule has 2 rings (SSSR count). The van der Waals surface area contributed by atoms with Gasteiger partial charge in [0.15, 0.2) is 6.61 Å². The van der Waals surface area contributed by atoms with E-state index in [-0.39, 0.29) is 22.8 Å². The van der Waals surface area contributed by atoms with E-state index in [2.05, 4.69) is 5.32 Å². The van der Waals surface area contributed by atoms with Crippen LogP contribution in [-0.4, -0.2) is 30.1 Å². The van der Waals surface area contributed by atoms with Crippen molar-refractivity contribution in [2.24, 2.45) is 5.73 Å². The molecule has 0 aliphatic carbocycles. The molecule has 2 aromatic carbocycles. The molecule has 0 aliphatic rings. The number of benzene rings is 2. The molecule has 27 heavy (non-hydrogen) atoms. The molecule has 0 fully saturated rings. The van der Waals surface area contributed by atoms with Crippen molar-refractivity contribution in [3.63, 3.8) is 0 Å². The van der Waals surface area contributed by atoms with Crippen LogP contribution in [0.1, 0.15) is 5.56 Å². The van der Waals surface area contributed by atoms with Gasteiger partial charge in [-0.05, 0) is 24.3 Å². The lowest BCUT2D eigenvalue weighted by atomic mass is 10.1. The number of nitrogens with two attached hydrogens (primary N) is 1. The molecule has 0 spiro atoms. The van der Waals surface area contributed by atoms with Gasteiger partial charge in [-0.1, -0.05) is 29.8 Å². The number of halogens is 2. The predicted molar refractivity (Wildman–Crippen MR) is 101 cm³/mol. The number of carbonyl (C=O) groups excluding carboxylic acids is 3. The topological polar surface area (TPSA) is 98.5 Å². The maximum Gasteiger partial charge on any atom is 0.310 e. The highest BCUT2D eigenvalue weighted by Crippen LogP contribution is 2.26. The van der Waals surface area contributed by atoms with Crippen molar-refractivity contribution in [1.82, 2.24) is 0 Å². The van der Waals surface area contributed by atoms with Crippen LogP contribution in [0.4, 0.5) is 10.1 Å². The van der Waals surface area contributed by atoms with Crippen molar-refractivity contribution in [2.75, 3.05) is 17.7 Å². The first-order valence-corrected chi connectivity index (χ1v) is 9.11. The van der Waals surface area contributed by atoms with Gasteiger partial charge in [-0.15, -0.1) is 11.8 Å². The number of hydrogen-bond acceptors (Lipinski definition) is 5. The van der Waals surface area contributed by atoms with E-state index in [0.717, 1.165) is 0 Å². The summed E-state index contributed by atoms with van der Waals surface area (Å²) in [7, 11) is 0. The first kappa shape index (κ1) is 20.7. The van der Waals surface area contributed by atoms with E-state index in [1.54, 1.807) is 24.3 Å². The lowest BCUT2D eigenvalue weighted by Crippen LogP contribution is -2.22. The third-order valence-electron chi connectivity index (χ3n) is 3.28. The second kappa shape index (κ2) is 9.94. The molecular formula is C18H16ClFN2O4S. The summed E-state index contributed by atoms with van der Waals surface area (Å²) in [4.78, 5) is 35.4. The normalized spacial score (nSPS) is 10.3. The second-order valence-corrected chi connectivity index (χ2v) is 6.76. The molecule has 9 heteroatoms. The molecule has 0 aromatic heterocycles. The standard InChI is InChI=1S/C18H16ClFN2O4S/c19-12-4-3-5-13(20)11(12)8-18(25)26-9-17(24)22-14-6-1-2-7-15(14)27-10-16(21)23/h1-7H,8-10H2,(H2,21,23)(H,22,24). The quantitative estimate of drug-likeness (QED) is 0.515. The summed E-state index contributed by atoms with van der Waals surface area (Å²) in [5.74, 6) is -2.40. The number of rotatable bonds is 8. The van der Waals surface area contributed by atoms with Crippen LogP contribution in [0.2, 0.25) is 5.02 Å². The highest BCUT2D eigenvalue weighted by molar-refractivity contribution is 8.00. The number of amides is 2. The summed E-state index contributed by atoms with van der Waals surface area (Å²) >= 11 is 7.02. The van der Waals surface area contributed by atoms with Gasteiger partial charge in [-0.2, -0.15) is 0 Å². The number of primary amides is 1. The second-order valence-electron chi connectivity index (χ2n) is 5.34. The van der Waals surface area contributed by atoms with E-state index >= 15 is 0 Å². The fourth-order valence-electron chi connectivity index (χ4n) is 2.07. The van der Waals surface area contributed by atoms with Crippen LogP contribution < -0.4 is 11.1 Å². The van der Waals surface area contributed by atoms with E-state index in [9.17, 15) is 18.8 Å². The molecule has 0 bridgehead atoms. The number of esters is 1. The van der Waals surface area contributed by atoms with Gasteiger partial charge in [-0.3, -0.25) is 14.4 Å². The molecule has 0 saturated carbocycles. The van der Waals surface area contributed by atoms with E-state index in [1.165, 1.54) is 30.0 Å². The van der Waals surface area contributed by atoms with Gasteiger partial charge in [0.2, 0.25) is 5.91 Å². The van der Waals surface area contributed by atoms with E-state index in [0.29, 0.717) is 10.6 Å².